The van der Waals surface area contributed by atoms with Crippen LogP contribution in [0.25, 0.3) is 0 Å². The van der Waals surface area contributed by atoms with Crippen LogP contribution in [0.15, 0.2) is 24.5 Å². The first-order valence-corrected chi connectivity index (χ1v) is 5.15. The topological polar surface area (TPSA) is 12.9 Å². The van der Waals surface area contributed by atoms with Crippen LogP contribution in [0.5, 0.6) is 0 Å². The minimum absolute atomic E-state index is 0.397. The summed E-state index contributed by atoms with van der Waals surface area (Å²) in [5.74, 6) is 0.837. The molecule has 12 heavy (non-hydrogen) atoms. The standard InChI is InChI=1S/C9H13NS2/c11-7-9(12)4-3-8-2-1-5-10-6-8/h1-2,5-6,9,11-12H,3-4,7H2/t9-/m1/s1. The van der Waals surface area contributed by atoms with Crippen molar-refractivity contribution in [3.05, 3.63) is 30.1 Å². The van der Waals surface area contributed by atoms with Gasteiger partial charge in [0.05, 0.1) is 0 Å². The van der Waals surface area contributed by atoms with E-state index < -0.39 is 0 Å². The fourth-order valence-electron chi connectivity index (χ4n) is 0.971. The van der Waals surface area contributed by atoms with Gasteiger partial charge in [-0.3, -0.25) is 4.98 Å². The average molecular weight is 199 g/mol. The van der Waals surface area contributed by atoms with Crippen molar-refractivity contribution in [2.24, 2.45) is 0 Å². The fraction of sp³-hybridized carbons (Fsp3) is 0.444. The number of pyridine rings is 1. The van der Waals surface area contributed by atoms with Crippen molar-refractivity contribution in [1.29, 1.82) is 0 Å². The molecule has 0 aliphatic heterocycles. The Labute approximate surface area is 84.4 Å². The SMILES string of the molecule is SC[C@H](S)CCc1cccnc1. The summed E-state index contributed by atoms with van der Waals surface area (Å²) in [6.07, 6.45) is 5.81. The molecular formula is C9H13NS2. The lowest BCUT2D eigenvalue weighted by Gasteiger charge is -2.05. The van der Waals surface area contributed by atoms with E-state index in [2.05, 4.69) is 36.3 Å². The number of hydrogen-bond acceptors (Lipinski definition) is 3. The minimum atomic E-state index is 0.397. The molecule has 1 heterocycles. The van der Waals surface area contributed by atoms with Gasteiger partial charge in [0.2, 0.25) is 0 Å². The van der Waals surface area contributed by atoms with Crippen LogP contribution in [0.1, 0.15) is 12.0 Å². The van der Waals surface area contributed by atoms with Gasteiger partial charge in [-0.1, -0.05) is 6.07 Å². The van der Waals surface area contributed by atoms with Gasteiger partial charge < -0.3 is 0 Å². The lowest BCUT2D eigenvalue weighted by Crippen LogP contribution is -2.02. The lowest BCUT2D eigenvalue weighted by molar-refractivity contribution is 0.821. The highest BCUT2D eigenvalue weighted by Gasteiger charge is 2.00. The van der Waals surface area contributed by atoms with E-state index >= 15 is 0 Å². The Bertz CT molecular complexity index is 213. The van der Waals surface area contributed by atoms with Crippen molar-refractivity contribution >= 4 is 25.3 Å². The van der Waals surface area contributed by atoms with E-state index in [1.165, 1.54) is 5.56 Å². The maximum Gasteiger partial charge on any atom is 0.0299 e. The smallest absolute Gasteiger partial charge is 0.0299 e. The normalized spacial score (nSPS) is 12.8. The molecule has 0 aliphatic carbocycles. The molecule has 0 radical (unpaired) electrons. The van der Waals surface area contributed by atoms with Gasteiger partial charge in [0.15, 0.2) is 0 Å². The Morgan fingerprint density at radius 2 is 2.33 bits per heavy atom. The molecule has 0 saturated heterocycles. The molecule has 1 rings (SSSR count). The largest absolute Gasteiger partial charge is 0.264 e. The number of nitrogens with zero attached hydrogens (tertiary/aromatic N) is 1. The van der Waals surface area contributed by atoms with E-state index in [4.69, 9.17) is 0 Å². The quantitative estimate of drug-likeness (QED) is 0.709. The van der Waals surface area contributed by atoms with Crippen LogP contribution in [0.4, 0.5) is 0 Å². The van der Waals surface area contributed by atoms with Crippen molar-refractivity contribution in [2.45, 2.75) is 18.1 Å². The van der Waals surface area contributed by atoms with Gasteiger partial charge in [-0.2, -0.15) is 25.3 Å². The Kier molecular flexibility index (Phi) is 4.54. The maximum absolute atomic E-state index is 4.36. The zero-order valence-corrected chi connectivity index (χ0v) is 8.64. The molecular weight excluding hydrogens is 186 g/mol. The molecule has 3 heteroatoms. The number of rotatable bonds is 4. The summed E-state index contributed by atoms with van der Waals surface area (Å²) in [5.41, 5.74) is 1.28. The third-order valence-corrected chi connectivity index (χ3v) is 2.87. The summed E-state index contributed by atoms with van der Waals surface area (Å²) in [6, 6.07) is 4.05. The lowest BCUT2D eigenvalue weighted by atomic mass is 10.1. The molecule has 1 atom stereocenters. The molecule has 1 aromatic rings. The zero-order valence-electron chi connectivity index (χ0n) is 6.85. The number of aryl methyl sites for hydroxylation is 1. The maximum atomic E-state index is 4.36. The molecule has 0 aliphatic rings. The molecule has 66 valence electrons. The third kappa shape index (κ3) is 3.50. The van der Waals surface area contributed by atoms with Crippen LogP contribution in [-0.2, 0) is 6.42 Å². The molecule has 1 aromatic heterocycles. The van der Waals surface area contributed by atoms with Gasteiger partial charge in [-0.25, -0.2) is 0 Å². The second-order valence-corrected chi connectivity index (χ2v) is 3.83. The van der Waals surface area contributed by atoms with Crippen LogP contribution in [0.2, 0.25) is 0 Å². The summed E-state index contributed by atoms with van der Waals surface area (Å²) < 4.78 is 0. The number of thiol groups is 2. The van der Waals surface area contributed by atoms with Gasteiger partial charge in [0.25, 0.3) is 0 Å². The highest BCUT2D eigenvalue weighted by atomic mass is 32.1. The predicted octanol–water partition coefficient (Wildman–Crippen LogP) is 2.24. The van der Waals surface area contributed by atoms with Gasteiger partial charge >= 0.3 is 0 Å². The Morgan fingerprint density at radius 3 is 2.92 bits per heavy atom. The third-order valence-electron chi connectivity index (χ3n) is 1.70. The monoisotopic (exact) mass is 199 g/mol. The van der Waals surface area contributed by atoms with E-state index in [0.29, 0.717) is 5.25 Å². The molecule has 0 spiro atoms. The Morgan fingerprint density at radius 1 is 1.50 bits per heavy atom. The van der Waals surface area contributed by atoms with Gasteiger partial charge in [-0.05, 0) is 24.5 Å². The molecule has 0 amide bonds. The van der Waals surface area contributed by atoms with Crippen molar-refractivity contribution in [2.75, 3.05) is 5.75 Å². The number of aromatic nitrogens is 1. The van der Waals surface area contributed by atoms with Crippen LogP contribution >= 0.6 is 25.3 Å². The first-order valence-electron chi connectivity index (χ1n) is 4.00. The van der Waals surface area contributed by atoms with E-state index in [1.807, 2.05) is 12.3 Å². The van der Waals surface area contributed by atoms with Crippen LogP contribution in [0.3, 0.4) is 0 Å². The van der Waals surface area contributed by atoms with Crippen LogP contribution in [-0.4, -0.2) is 16.0 Å². The Balaban J connectivity index is 2.33. The highest BCUT2D eigenvalue weighted by Crippen LogP contribution is 2.08. The van der Waals surface area contributed by atoms with Crippen molar-refractivity contribution in [1.82, 2.24) is 4.98 Å². The molecule has 0 aromatic carbocycles. The summed E-state index contributed by atoms with van der Waals surface area (Å²) in [6.45, 7) is 0. The van der Waals surface area contributed by atoms with Crippen LogP contribution in [0, 0.1) is 0 Å². The summed E-state index contributed by atoms with van der Waals surface area (Å²) in [7, 11) is 0. The van der Waals surface area contributed by atoms with E-state index in [9.17, 15) is 0 Å². The van der Waals surface area contributed by atoms with Crippen molar-refractivity contribution < 1.29 is 0 Å². The first-order chi connectivity index (χ1) is 5.83. The van der Waals surface area contributed by atoms with Gasteiger partial charge in [0, 0.05) is 23.4 Å². The summed E-state index contributed by atoms with van der Waals surface area (Å²) in [4.78, 5) is 4.04. The molecule has 0 N–H and O–H groups in total. The summed E-state index contributed by atoms with van der Waals surface area (Å²) >= 11 is 8.53. The van der Waals surface area contributed by atoms with Gasteiger partial charge in [0.1, 0.15) is 0 Å². The summed E-state index contributed by atoms with van der Waals surface area (Å²) in [5, 5.41) is 0.397. The second-order valence-electron chi connectivity index (χ2n) is 2.74. The zero-order chi connectivity index (χ0) is 8.81. The molecule has 0 bridgehead atoms. The highest BCUT2D eigenvalue weighted by molar-refractivity contribution is 7.84. The number of hydrogen-bond donors (Lipinski definition) is 2. The first kappa shape index (κ1) is 9.93. The second kappa shape index (κ2) is 5.49. The van der Waals surface area contributed by atoms with Crippen molar-refractivity contribution in [3.63, 3.8) is 0 Å². The predicted molar refractivity (Wildman–Crippen MR) is 59.2 cm³/mol. The Hall–Kier alpha value is -0.150. The molecule has 0 saturated carbocycles. The molecule has 0 fully saturated rings. The average Bonchev–Trinajstić information content (AvgIpc) is 2.16. The van der Waals surface area contributed by atoms with Gasteiger partial charge in [-0.15, -0.1) is 0 Å². The molecule has 1 nitrogen and oxygen atoms in total. The van der Waals surface area contributed by atoms with Crippen LogP contribution < -0.4 is 0 Å². The van der Waals surface area contributed by atoms with E-state index in [0.717, 1.165) is 18.6 Å². The fourth-order valence-corrected chi connectivity index (χ4v) is 1.28. The van der Waals surface area contributed by atoms with E-state index in [1.54, 1.807) is 6.20 Å². The molecule has 0 unspecified atom stereocenters. The van der Waals surface area contributed by atoms with E-state index in [-0.39, 0.29) is 0 Å². The van der Waals surface area contributed by atoms with Crippen molar-refractivity contribution in [3.8, 4) is 0 Å². The minimum Gasteiger partial charge on any atom is -0.264 e.